The third-order valence-corrected chi connectivity index (χ3v) is 5.73. The van der Waals surface area contributed by atoms with Crippen LogP contribution in [0.25, 0.3) is 21.9 Å². The minimum atomic E-state index is -0.199. The van der Waals surface area contributed by atoms with Crippen molar-refractivity contribution in [1.29, 1.82) is 0 Å². The third kappa shape index (κ3) is 3.90. The summed E-state index contributed by atoms with van der Waals surface area (Å²) in [5.74, 6) is 0.453. The fourth-order valence-electron chi connectivity index (χ4n) is 2.72. The quantitative estimate of drug-likeness (QED) is 0.366. The van der Waals surface area contributed by atoms with E-state index in [2.05, 4.69) is 31.2 Å². The number of nitrogens with one attached hydrogen (secondary N) is 1. The average molecular weight is 454 g/mol. The molecule has 0 aliphatic carbocycles. The molecule has 0 saturated heterocycles. The van der Waals surface area contributed by atoms with Crippen molar-refractivity contribution in [2.24, 2.45) is 0 Å². The van der Waals surface area contributed by atoms with Crippen LogP contribution in [0.15, 0.2) is 71.6 Å². The molecule has 1 atom stereocenters. The van der Waals surface area contributed by atoms with Crippen molar-refractivity contribution < 1.29 is 9.21 Å². The second-order valence-corrected chi connectivity index (χ2v) is 8.47. The van der Waals surface area contributed by atoms with E-state index in [1.165, 1.54) is 11.3 Å². The summed E-state index contributed by atoms with van der Waals surface area (Å²) >= 11 is 4.93. The van der Waals surface area contributed by atoms with Crippen LogP contribution in [0.1, 0.15) is 27.7 Å². The lowest BCUT2D eigenvalue weighted by molar-refractivity contribution is 0.102. The number of carbonyl (C=O) groups is 1. The van der Waals surface area contributed by atoms with Crippen LogP contribution < -0.4 is 5.32 Å². The number of halogens is 1. The zero-order valence-corrected chi connectivity index (χ0v) is 17.3. The summed E-state index contributed by atoms with van der Waals surface area (Å²) in [6, 6.07) is 15.0. The van der Waals surface area contributed by atoms with Gasteiger partial charge < -0.3 is 4.42 Å². The van der Waals surface area contributed by atoms with Crippen LogP contribution in [0, 0.1) is 0 Å². The van der Waals surface area contributed by atoms with Gasteiger partial charge in [-0.1, -0.05) is 39.4 Å². The van der Waals surface area contributed by atoms with Gasteiger partial charge in [0.15, 0.2) is 10.9 Å². The molecule has 0 spiro atoms. The summed E-state index contributed by atoms with van der Waals surface area (Å²) in [6.45, 7) is 2.04. The Bertz CT molecular complexity index is 1070. The molecule has 0 bridgehead atoms. The lowest BCUT2D eigenvalue weighted by Crippen LogP contribution is -2.11. The average Bonchev–Trinajstić information content (AvgIpc) is 3.38. The Hall–Kier alpha value is -2.77. The SMILES string of the molecule is CC(Br)c1ccc(C(=O)Nc2nc(-c3ccco3)c(-c3ccncc3)s2)cc1. The first-order valence-electron chi connectivity index (χ1n) is 8.62. The summed E-state index contributed by atoms with van der Waals surface area (Å²) in [4.78, 5) is 22.5. The molecule has 140 valence electrons. The number of aromatic nitrogens is 2. The molecule has 0 radical (unpaired) electrons. The number of thiazole rings is 1. The molecule has 3 aromatic heterocycles. The van der Waals surface area contributed by atoms with Crippen molar-refractivity contribution in [1.82, 2.24) is 9.97 Å². The summed E-state index contributed by atoms with van der Waals surface area (Å²) in [6.07, 6.45) is 5.06. The van der Waals surface area contributed by atoms with E-state index >= 15 is 0 Å². The van der Waals surface area contributed by atoms with Gasteiger partial charge in [-0.25, -0.2) is 4.98 Å². The molecule has 5 nitrogen and oxygen atoms in total. The van der Waals surface area contributed by atoms with Gasteiger partial charge in [-0.05, 0) is 54.4 Å². The number of amides is 1. The lowest BCUT2D eigenvalue weighted by Gasteiger charge is -2.05. The molecule has 1 N–H and O–H groups in total. The van der Waals surface area contributed by atoms with Gasteiger partial charge >= 0.3 is 0 Å². The summed E-state index contributed by atoms with van der Waals surface area (Å²) in [7, 11) is 0. The van der Waals surface area contributed by atoms with Gasteiger partial charge in [-0.3, -0.25) is 15.1 Å². The van der Waals surface area contributed by atoms with Crippen LogP contribution in [-0.2, 0) is 0 Å². The summed E-state index contributed by atoms with van der Waals surface area (Å²) in [5.41, 5.74) is 3.36. The molecule has 0 aliphatic heterocycles. The molecule has 0 aliphatic rings. The lowest BCUT2D eigenvalue weighted by atomic mass is 10.1. The second kappa shape index (κ2) is 8.08. The van der Waals surface area contributed by atoms with E-state index in [-0.39, 0.29) is 10.7 Å². The number of benzene rings is 1. The summed E-state index contributed by atoms with van der Waals surface area (Å²) in [5, 5.41) is 3.41. The molecular formula is C21H16BrN3O2S. The zero-order valence-electron chi connectivity index (χ0n) is 14.9. The van der Waals surface area contributed by atoms with Crippen LogP contribution in [-0.4, -0.2) is 15.9 Å². The Labute approximate surface area is 174 Å². The predicted octanol–water partition coefficient (Wildman–Crippen LogP) is 6.17. The number of rotatable bonds is 5. The highest BCUT2D eigenvalue weighted by Crippen LogP contribution is 2.39. The Morgan fingerprint density at radius 1 is 1.14 bits per heavy atom. The van der Waals surface area contributed by atoms with E-state index in [4.69, 9.17) is 4.42 Å². The number of hydrogen-bond acceptors (Lipinski definition) is 5. The van der Waals surface area contributed by atoms with Crippen LogP contribution in [0.2, 0.25) is 0 Å². The van der Waals surface area contributed by atoms with E-state index in [9.17, 15) is 4.79 Å². The van der Waals surface area contributed by atoms with Gasteiger partial charge in [0.1, 0.15) is 5.69 Å². The molecule has 1 aromatic carbocycles. The van der Waals surface area contributed by atoms with Crippen molar-refractivity contribution in [2.75, 3.05) is 5.32 Å². The van der Waals surface area contributed by atoms with Gasteiger partial charge in [-0.2, -0.15) is 0 Å². The van der Waals surface area contributed by atoms with Gasteiger partial charge in [0.25, 0.3) is 5.91 Å². The second-order valence-electron chi connectivity index (χ2n) is 6.10. The van der Waals surface area contributed by atoms with E-state index < -0.39 is 0 Å². The molecule has 4 rings (SSSR count). The third-order valence-electron chi connectivity index (χ3n) is 4.18. The minimum Gasteiger partial charge on any atom is -0.463 e. The molecule has 0 saturated carbocycles. The molecule has 7 heteroatoms. The zero-order chi connectivity index (χ0) is 19.5. The van der Waals surface area contributed by atoms with Crippen LogP contribution in [0.4, 0.5) is 5.13 Å². The smallest absolute Gasteiger partial charge is 0.257 e. The highest BCUT2D eigenvalue weighted by molar-refractivity contribution is 9.09. The molecule has 4 aromatic rings. The van der Waals surface area contributed by atoms with Crippen molar-refractivity contribution in [3.8, 4) is 21.9 Å². The standard InChI is InChI=1S/C21H16BrN3O2S/c1-13(22)14-4-6-16(7-5-14)20(26)25-21-24-18(17-3-2-12-27-17)19(28-21)15-8-10-23-11-9-15/h2-13H,1H3,(H,24,25,26). The predicted molar refractivity (Wildman–Crippen MR) is 115 cm³/mol. The van der Waals surface area contributed by atoms with Gasteiger partial charge in [0.2, 0.25) is 0 Å². The molecule has 1 amide bonds. The van der Waals surface area contributed by atoms with E-state index in [0.29, 0.717) is 22.1 Å². The van der Waals surface area contributed by atoms with E-state index in [1.54, 1.807) is 18.7 Å². The largest absolute Gasteiger partial charge is 0.463 e. The maximum atomic E-state index is 12.6. The van der Waals surface area contributed by atoms with Crippen LogP contribution in [0.3, 0.4) is 0 Å². The Morgan fingerprint density at radius 3 is 2.54 bits per heavy atom. The number of anilines is 1. The van der Waals surface area contributed by atoms with Crippen molar-refractivity contribution in [3.05, 3.63) is 78.3 Å². The molecule has 0 fully saturated rings. The number of hydrogen-bond donors (Lipinski definition) is 1. The number of nitrogens with zero attached hydrogens (tertiary/aromatic N) is 2. The van der Waals surface area contributed by atoms with Crippen molar-refractivity contribution >= 4 is 38.3 Å². The first-order valence-corrected chi connectivity index (χ1v) is 10.4. The molecular weight excluding hydrogens is 438 g/mol. The number of furan rings is 1. The number of pyridine rings is 1. The monoisotopic (exact) mass is 453 g/mol. The Balaban J connectivity index is 1.64. The van der Waals surface area contributed by atoms with Crippen LogP contribution >= 0.6 is 27.3 Å². The van der Waals surface area contributed by atoms with Crippen molar-refractivity contribution in [2.45, 2.75) is 11.8 Å². The number of alkyl halides is 1. The highest BCUT2D eigenvalue weighted by Gasteiger charge is 2.18. The van der Waals surface area contributed by atoms with Crippen LogP contribution in [0.5, 0.6) is 0 Å². The maximum Gasteiger partial charge on any atom is 0.257 e. The fourth-order valence-corrected chi connectivity index (χ4v) is 4.00. The first-order chi connectivity index (χ1) is 13.6. The Morgan fingerprint density at radius 2 is 1.89 bits per heavy atom. The van der Waals surface area contributed by atoms with Gasteiger partial charge in [0.05, 0.1) is 11.1 Å². The highest BCUT2D eigenvalue weighted by atomic mass is 79.9. The van der Waals surface area contributed by atoms with E-state index in [0.717, 1.165) is 16.0 Å². The molecule has 1 unspecified atom stereocenters. The molecule has 28 heavy (non-hydrogen) atoms. The Kier molecular flexibility index (Phi) is 5.36. The number of carbonyl (C=O) groups excluding carboxylic acids is 1. The fraction of sp³-hybridized carbons (Fsp3) is 0.0952. The molecule has 3 heterocycles. The van der Waals surface area contributed by atoms with E-state index in [1.807, 2.05) is 55.5 Å². The topological polar surface area (TPSA) is 68.0 Å². The van der Waals surface area contributed by atoms with Crippen molar-refractivity contribution in [3.63, 3.8) is 0 Å². The summed E-state index contributed by atoms with van der Waals surface area (Å²) < 4.78 is 5.53. The normalized spacial score (nSPS) is 11.9. The van der Waals surface area contributed by atoms with Gasteiger partial charge in [0, 0.05) is 22.8 Å². The minimum absolute atomic E-state index is 0.199. The first kappa shape index (κ1) is 18.6. The maximum absolute atomic E-state index is 12.6. The van der Waals surface area contributed by atoms with Gasteiger partial charge in [-0.15, -0.1) is 0 Å².